The van der Waals surface area contributed by atoms with Crippen molar-refractivity contribution in [2.24, 2.45) is 11.1 Å². The van der Waals surface area contributed by atoms with Crippen LogP contribution in [0.15, 0.2) is 28.7 Å². The lowest BCUT2D eigenvalue weighted by atomic mass is 9.86. The molecule has 1 aromatic carbocycles. The lowest BCUT2D eigenvalue weighted by Crippen LogP contribution is -2.25. The maximum absolute atomic E-state index is 6.15. The zero-order valence-electron chi connectivity index (χ0n) is 9.75. The van der Waals surface area contributed by atoms with Crippen LogP contribution in [0.5, 0.6) is 0 Å². The molecule has 0 bridgehead atoms. The van der Waals surface area contributed by atoms with Gasteiger partial charge in [-0.15, -0.1) is 0 Å². The second-order valence-electron chi connectivity index (χ2n) is 5.14. The molecule has 0 saturated carbocycles. The van der Waals surface area contributed by atoms with Crippen molar-refractivity contribution in [3.63, 3.8) is 0 Å². The highest BCUT2D eigenvalue weighted by Gasteiger charge is 2.25. The lowest BCUT2D eigenvalue weighted by molar-refractivity contribution is 0.290. The predicted molar refractivity (Wildman–Crippen MR) is 67.6 cm³/mol. The highest BCUT2D eigenvalue weighted by molar-refractivity contribution is 6.35. The summed E-state index contributed by atoms with van der Waals surface area (Å²) >= 11 is 6.09. The molecular weight excluding hydrogens is 222 g/mol. The molecule has 2 rings (SSSR count). The maximum atomic E-state index is 6.15. The minimum Gasteiger partial charge on any atom is -0.459 e. The highest BCUT2D eigenvalue weighted by atomic mass is 35.5. The minimum absolute atomic E-state index is 0.0274. The number of rotatable bonds is 1. The maximum Gasteiger partial charge on any atom is 0.135 e. The Hall–Kier alpha value is -0.990. The molecule has 0 fully saturated rings. The molecule has 1 aromatic heterocycles. The Balaban J connectivity index is 2.52. The van der Waals surface area contributed by atoms with Gasteiger partial charge in [0, 0.05) is 5.39 Å². The van der Waals surface area contributed by atoms with E-state index in [1.807, 2.05) is 24.3 Å². The Kier molecular flexibility index (Phi) is 2.72. The molecule has 2 N–H and O–H groups in total. The van der Waals surface area contributed by atoms with Gasteiger partial charge in [0.1, 0.15) is 11.3 Å². The molecule has 3 heteroatoms. The van der Waals surface area contributed by atoms with E-state index in [9.17, 15) is 0 Å². The smallest absolute Gasteiger partial charge is 0.135 e. The molecule has 0 saturated heterocycles. The fraction of sp³-hybridized carbons (Fsp3) is 0.385. The van der Waals surface area contributed by atoms with E-state index in [4.69, 9.17) is 21.8 Å². The molecule has 0 amide bonds. The van der Waals surface area contributed by atoms with E-state index in [1.165, 1.54) is 0 Å². The van der Waals surface area contributed by atoms with Crippen LogP contribution in [0.4, 0.5) is 0 Å². The van der Waals surface area contributed by atoms with Crippen molar-refractivity contribution in [3.8, 4) is 0 Å². The van der Waals surface area contributed by atoms with Gasteiger partial charge in [-0.1, -0.05) is 38.4 Å². The summed E-state index contributed by atoms with van der Waals surface area (Å²) in [5.74, 6) is 0.788. The predicted octanol–water partition coefficient (Wildman–Crippen LogP) is 4.13. The standard InChI is InChI=1S/C13H16ClNO/c1-13(2,3)12(15)11-7-8-9(14)5-4-6-10(8)16-11/h4-7,12H,15H2,1-3H3. The minimum atomic E-state index is -0.129. The first-order chi connectivity index (χ1) is 7.39. The third-order valence-corrected chi connectivity index (χ3v) is 3.10. The first-order valence-corrected chi connectivity index (χ1v) is 5.71. The van der Waals surface area contributed by atoms with Crippen LogP contribution >= 0.6 is 11.6 Å². The molecule has 2 nitrogen and oxygen atoms in total. The molecule has 2 aromatic rings. The monoisotopic (exact) mass is 237 g/mol. The second kappa shape index (κ2) is 3.79. The zero-order chi connectivity index (χ0) is 11.9. The van der Waals surface area contributed by atoms with Gasteiger partial charge in [0.25, 0.3) is 0 Å². The van der Waals surface area contributed by atoms with Crippen LogP contribution in [-0.2, 0) is 0 Å². The summed E-state index contributed by atoms with van der Waals surface area (Å²) < 4.78 is 5.73. The summed E-state index contributed by atoms with van der Waals surface area (Å²) in [5.41, 5.74) is 6.92. The molecular formula is C13H16ClNO. The topological polar surface area (TPSA) is 39.2 Å². The molecule has 16 heavy (non-hydrogen) atoms. The Labute approximate surface area is 100 Å². The summed E-state index contributed by atoms with van der Waals surface area (Å²) in [6.07, 6.45) is 0. The molecule has 0 radical (unpaired) electrons. The van der Waals surface area contributed by atoms with Crippen LogP contribution in [-0.4, -0.2) is 0 Å². The van der Waals surface area contributed by atoms with Crippen LogP contribution in [0.1, 0.15) is 32.6 Å². The van der Waals surface area contributed by atoms with Crippen molar-refractivity contribution in [2.75, 3.05) is 0 Å². The fourth-order valence-electron chi connectivity index (χ4n) is 1.63. The van der Waals surface area contributed by atoms with Crippen LogP contribution in [0.3, 0.4) is 0 Å². The number of fused-ring (bicyclic) bond motifs is 1. The molecule has 0 spiro atoms. The molecule has 0 aliphatic heterocycles. The van der Waals surface area contributed by atoms with Crippen molar-refractivity contribution < 1.29 is 4.42 Å². The van der Waals surface area contributed by atoms with Crippen LogP contribution in [0.25, 0.3) is 11.0 Å². The van der Waals surface area contributed by atoms with Gasteiger partial charge in [0.15, 0.2) is 0 Å². The number of hydrogen-bond acceptors (Lipinski definition) is 2. The quantitative estimate of drug-likeness (QED) is 0.810. The zero-order valence-corrected chi connectivity index (χ0v) is 10.5. The molecule has 0 aliphatic rings. The highest BCUT2D eigenvalue weighted by Crippen LogP contribution is 2.35. The molecule has 1 heterocycles. The third kappa shape index (κ3) is 1.95. The van der Waals surface area contributed by atoms with E-state index in [-0.39, 0.29) is 11.5 Å². The van der Waals surface area contributed by atoms with Crippen LogP contribution in [0.2, 0.25) is 5.02 Å². The number of benzene rings is 1. The Morgan fingerprint density at radius 3 is 2.56 bits per heavy atom. The number of nitrogens with two attached hydrogens (primary N) is 1. The number of furan rings is 1. The molecule has 86 valence electrons. The van der Waals surface area contributed by atoms with Crippen molar-refractivity contribution in [1.82, 2.24) is 0 Å². The van der Waals surface area contributed by atoms with Gasteiger partial charge < -0.3 is 10.2 Å². The Bertz CT molecular complexity index is 510. The average Bonchev–Trinajstić information content (AvgIpc) is 2.60. The Morgan fingerprint density at radius 2 is 2.00 bits per heavy atom. The first-order valence-electron chi connectivity index (χ1n) is 5.33. The van der Waals surface area contributed by atoms with Gasteiger partial charge in [-0.2, -0.15) is 0 Å². The first kappa shape index (κ1) is 11.5. The second-order valence-corrected chi connectivity index (χ2v) is 5.55. The van der Waals surface area contributed by atoms with Crippen LogP contribution < -0.4 is 5.73 Å². The summed E-state index contributed by atoms with van der Waals surface area (Å²) in [4.78, 5) is 0. The Morgan fingerprint density at radius 1 is 1.31 bits per heavy atom. The van der Waals surface area contributed by atoms with E-state index >= 15 is 0 Å². The summed E-state index contributed by atoms with van der Waals surface area (Å²) in [6.45, 7) is 6.27. The van der Waals surface area contributed by atoms with Crippen LogP contribution in [0, 0.1) is 5.41 Å². The summed E-state index contributed by atoms with van der Waals surface area (Å²) in [5, 5.41) is 1.63. The summed E-state index contributed by atoms with van der Waals surface area (Å²) in [7, 11) is 0. The van der Waals surface area contributed by atoms with E-state index in [0.717, 1.165) is 16.7 Å². The van der Waals surface area contributed by atoms with Crippen molar-refractivity contribution in [2.45, 2.75) is 26.8 Å². The lowest BCUT2D eigenvalue weighted by Gasteiger charge is -2.24. The van der Waals surface area contributed by atoms with Gasteiger partial charge >= 0.3 is 0 Å². The number of hydrogen-bond donors (Lipinski definition) is 1. The van der Waals surface area contributed by atoms with Gasteiger partial charge in [-0.3, -0.25) is 0 Å². The molecule has 1 unspecified atom stereocenters. The van der Waals surface area contributed by atoms with E-state index < -0.39 is 0 Å². The van der Waals surface area contributed by atoms with Gasteiger partial charge in [-0.25, -0.2) is 0 Å². The SMILES string of the molecule is CC(C)(C)C(N)c1cc2c(Cl)cccc2o1. The fourth-order valence-corrected chi connectivity index (χ4v) is 1.85. The van der Waals surface area contributed by atoms with E-state index in [2.05, 4.69) is 20.8 Å². The van der Waals surface area contributed by atoms with Crippen molar-refractivity contribution in [1.29, 1.82) is 0 Å². The number of halogens is 1. The average molecular weight is 238 g/mol. The van der Waals surface area contributed by atoms with E-state index in [0.29, 0.717) is 5.02 Å². The van der Waals surface area contributed by atoms with Gasteiger partial charge in [0.05, 0.1) is 11.1 Å². The normalized spacial score (nSPS) is 14.3. The third-order valence-electron chi connectivity index (χ3n) is 2.77. The summed E-state index contributed by atoms with van der Waals surface area (Å²) in [6, 6.07) is 7.44. The van der Waals surface area contributed by atoms with Crippen molar-refractivity contribution >= 4 is 22.6 Å². The van der Waals surface area contributed by atoms with Gasteiger partial charge in [0.2, 0.25) is 0 Å². The molecule has 1 atom stereocenters. The van der Waals surface area contributed by atoms with E-state index in [1.54, 1.807) is 0 Å². The molecule has 0 aliphatic carbocycles. The van der Waals surface area contributed by atoms with Crippen molar-refractivity contribution in [3.05, 3.63) is 35.0 Å². The van der Waals surface area contributed by atoms with Gasteiger partial charge in [-0.05, 0) is 23.6 Å². The largest absolute Gasteiger partial charge is 0.459 e.